The molecule has 1 amide bonds. The van der Waals surface area contributed by atoms with Gasteiger partial charge >= 0.3 is 0 Å². The highest BCUT2D eigenvalue weighted by molar-refractivity contribution is 5.93. The number of hydrogen-bond donors (Lipinski definition) is 2. The maximum Gasteiger partial charge on any atom is 0.270 e. The van der Waals surface area contributed by atoms with E-state index in [0.717, 1.165) is 24.1 Å². The summed E-state index contributed by atoms with van der Waals surface area (Å²) in [5.74, 6) is 0.412. The summed E-state index contributed by atoms with van der Waals surface area (Å²) in [4.78, 5) is 21.1. The number of aromatic nitrogens is 4. The molecule has 0 spiro atoms. The normalized spacial score (nSPS) is 15.9. The molecule has 21 heavy (non-hydrogen) atoms. The fraction of sp³-hybridized carbons (Fsp3) is 0.467. The summed E-state index contributed by atoms with van der Waals surface area (Å²) in [6, 6.07) is 2.00. The molecule has 2 aromatic rings. The largest absolute Gasteiger partial charge is 0.348 e. The quantitative estimate of drug-likeness (QED) is 0.906. The molecule has 6 heteroatoms. The van der Waals surface area contributed by atoms with E-state index in [9.17, 15) is 4.79 Å². The second-order valence-electron chi connectivity index (χ2n) is 5.51. The van der Waals surface area contributed by atoms with Gasteiger partial charge in [-0.3, -0.25) is 9.89 Å². The SMILES string of the molecule is Cc1cc(C(=O)NC2CCCCC2)nc(-c2cn[nH]c2)n1. The van der Waals surface area contributed by atoms with Crippen LogP contribution in [0.3, 0.4) is 0 Å². The van der Waals surface area contributed by atoms with Crippen molar-refractivity contribution in [2.45, 2.75) is 45.1 Å². The van der Waals surface area contributed by atoms with Crippen molar-refractivity contribution in [2.75, 3.05) is 0 Å². The Labute approximate surface area is 123 Å². The topological polar surface area (TPSA) is 83.6 Å². The molecule has 1 saturated carbocycles. The standard InChI is InChI=1S/C15H19N5O/c1-10-7-13(15(21)19-12-5-3-2-4-6-12)20-14(18-10)11-8-16-17-9-11/h7-9,12H,2-6H2,1H3,(H,16,17)(H,19,21). The number of amides is 1. The van der Waals surface area contributed by atoms with Gasteiger partial charge in [-0.25, -0.2) is 9.97 Å². The van der Waals surface area contributed by atoms with Gasteiger partial charge in [0.05, 0.1) is 11.8 Å². The van der Waals surface area contributed by atoms with Crippen LogP contribution >= 0.6 is 0 Å². The van der Waals surface area contributed by atoms with Crippen LogP contribution in [0, 0.1) is 6.92 Å². The van der Waals surface area contributed by atoms with Gasteiger partial charge in [-0.1, -0.05) is 19.3 Å². The summed E-state index contributed by atoms with van der Waals surface area (Å²) in [7, 11) is 0. The molecule has 0 radical (unpaired) electrons. The van der Waals surface area contributed by atoms with E-state index in [4.69, 9.17) is 0 Å². The van der Waals surface area contributed by atoms with Gasteiger partial charge in [0.2, 0.25) is 0 Å². The molecule has 6 nitrogen and oxygen atoms in total. The summed E-state index contributed by atoms with van der Waals surface area (Å²) in [5.41, 5.74) is 1.98. The highest BCUT2D eigenvalue weighted by atomic mass is 16.1. The van der Waals surface area contributed by atoms with Gasteiger partial charge in [0, 0.05) is 17.9 Å². The monoisotopic (exact) mass is 285 g/mol. The lowest BCUT2D eigenvalue weighted by Crippen LogP contribution is -2.36. The summed E-state index contributed by atoms with van der Waals surface area (Å²) in [6.07, 6.45) is 9.13. The molecule has 2 aromatic heterocycles. The predicted molar refractivity (Wildman–Crippen MR) is 78.7 cm³/mol. The molecule has 1 fully saturated rings. The second kappa shape index (κ2) is 6.03. The van der Waals surface area contributed by atoms with E-state index in [-0.39, 0.29) is 11.9 Å². The Morgan fingerprint density at radius 1 is 1.29 bits per heavy atom. The molecule has 2 heterocycles. The molecule has 0 aromatic carbocycles. The third-order valence-electron chi connectivity index (χ3n) is 3.78. The Morgan fingerprint density at radius 3 is 2.81 bits per heavy atom. The predicted octanol–water partition coefficient (Wildman–Crippen LogP) is 2.24. The number of hydrogen-bond acceptors (Lipinski definition) is 4. The Kier molecular flexibility index (Phi) is 3.94. The van der Waals surface area contributed by atoms with Crippen LogP contribution in [0.25, 0.3) is 11.4 Å². The van der Waals surface area contributed by atoms with E-state index >= 15 is 0 Å². The van der Waals surface area contributed by atoms with Crippen LogP contribution in [0.4, 0.5) is 0 Å². The number of aryl methyl sites for hydroxylation is 1. The van der Waals surface area contributed by atoms with Crippen LogP contribution in [-0.2, 0) is 0 Å². The minimum atomic E-state index is -0.114. The molecular weight excluding hydrogens is 266 g/mol. The Hall–Kier alpha value is -2.24. The third-order valence-corrected chi connectivity index (χ3v) is 3.78. The van der Waals surface area contributed by atoms with E-state index in [2.05, 4.69) is 25.5 Å². The molecule has 1 aliphatic carbocycles. The molecule has 0 unspecified atom stereocenters. The number of nitrogens with zero attached hydrogens (tertiary/aromatic N) is 3. The van der Waals surface area contributed by atoms with Crippen LogP contribution in [0.5, 0.6) is 0 Å². The first-order chi connectivity index (χ1) is 10.2. The molecular formula is C15H19N5O. The average molecular weight is 285 g/mol. The van der Waals surface area contributed by atoms with Gasteiger partial charge in [-0.15, -0.1) is 0 Å². The van der Waals surface area contributed by atoms with Crippen molar-refractivity contribution >= 4 is 5.91 Å². The first kappa shape index (κ1) is 13.7. The lowest BCUT2D eigenvalue weighted by molar-refractivity contribution is 0.0922. The third kappa shape index (κ3) is 3.26. The zero-order chi connectivity index (χ0) is 14.7. The highest BCUT2D eigenvalue weighted by Crippen LogP contribution is 2.18. The number of nitrogens with one attached hydrogen (secondary N) is 2. The maximum absolute atomic E-state index is 12.4. The van der Waals surface area contributed by atoms with Gasteiger partial charge in [0.15, 0.2) is 5.82 Å². The van der Waals surface area contributed by atoms with Gasteiger partial charge in [0.25, 0.3) is 5.91 Å². The molecule has 3 rings (SSSR count). The van der Waals surface area contributed by atoms with Crippen LogP contribution in [0.2, 0.25) is 0 Å². The fourth-order valence-electron chi connectivity index (χ4n) is 2.69. The van der Waals surface area contributed by atoms with Crippen molar-refractivity contribution in [3.63, 3.8) is 0 Å². The number of aromatic amines is 1. The lowest BCUT2D eigenvalue weighted by Gasteiger charge is -2.22. The summed E-state index contributed by atoms with van der Waals surface area (Å²) >= 11 is 0. The Morgan fingerprint density at radius 2 is 2.10 bits per heavy atom. The van der Waals surface area contributed by atoms with Crippen LogP contribution in [0.15, 0.2) is 18.5 Å². The van der Waals surface area contributed by atoms with Crippen LogP contribution in [0.1, 0.15) is 48.3 Å². The molecule has 0 atom stereocenters. The average Bonchev–Trinajstić information content (AvgIpc) is 3.02. The molecule has 1 aliphatic rings. The van der Waals surface area contributed by atoms with Crippen molar-refractivity contribution in [1.29, 1.82) is 0 Å². The van der Waals surface area contributed by atoms with Gasteiger partial charge in [-0.05, 0) is 25.8 Å². The highest BCUT2D eigenvalue weighted by Gasteiger charge is 2.18. The van der Waals surface area contributed by atoms with Crippen LogP contribution < -0.4 is 5.32 Å². The number of rotatable bonds is 3. The first-order valence-electron chi connectivity index (χ1n) is 7.38. The molecule has 110 valence electrons. The van der Waals surface area contributed by atoms with Crippen LogP contribution in [-0.4, -0.2) is 32.1 Å². The minimum absolute atomic E-state index is 0.114. The van der Waals surface area contributed by atoms with Crippen molar-refractivity contribution in [2.24, 2.45) is 0 Å². The van der Waals surface area contributed by atoms with E-state index in [1.807, 2.05) is 6.92 Å². The van der Waals surface area contributed by atoms with Crippen molar-refractivity contribution in [3.8, 4) is 11.4 Å². The smallest absolute Gasteiger partial charge is 0.270 e. The second-order valence-corrected chi connectivity index (χ2v) is 5.51. The molecule has 0 saturated heterocycles. The molecule has 0 aliphatic heterocycles. The number of carbonyl (C=O) groups is 1. The summed E-state index contributed by atoms with van der Waals surface area (Å²) < 4.78 is 0. The molecule has 0 bridgehead atoms. The van der Waals surface area contributed by atoms with Gasteiger partial charge < -0.3 is 5.32 Å². The Bertz CT molecular complexity index is 617. The number of H-pyrrole nitrogens is 1. The van der Waals surface area contributed by atoms with Crippen molar-refractivity contribution in [3.05, 3.63) is 29.8 Å². The summed E-state index contributed by atoms with van der Waals surface area (Å²) in [5, 5.41) is 9.70. The van der Waals surface area contributed by atoms with E-state index < -0.39 is 0 Å². The van der Waals surface area contributed by atoms with Crippen molar-refractivity contribution < 1.29 is 4.79 Å². The zero-order valence-corrected chi connectivity index (χ0v) is 12.1. The van der Waals surface area contributed by atoms with E-state index in [0.29, 0.717) is 11.5 Å². The fourth-order valence-corrected chi connectivity index (χ4v) is 2.69. The number of carbonyl (C=O) groups excluding carboxylic acids is 1. The minimum Gasteiger partial charge on any atom is -0.348 e. The molecule has 2 N–H and O–H groups in total. The Balaban J connectivity index is 1.79. The van der Waals surface area contributed by atoms with Gasteiger partial charge in [-0.2, -0.15) is 5.10 Å². The first-order valence-corrected chi connectivity index (χ1v) is 7.38. The maximum atomic E-state index is 12.4. The lowest BCUT2D eigenvalue weighted by atomic mass is 9.95. The van der Waals surface area contributed by atoms with Crippen molar-refractivity contribution in [1.82, 2.24) is 25.5 Å². The zero-order valence-electron chi connectivity index (χ0n) is 12.1. The van der Waals surface area contributed by atoms with E-state index in [1.165, 1.54) is 19.3 Å². The van der Waals surface area contributed by atoms with Gasteiger partial charge in [0.1, 0.15) is 5.69 Å². The summed E-state index contributed by atoms with van der Waals surface area (Å²) in [6.45, 7) is 1.86. The van der Waals surface area contributed by atoms with E-state index in [1.54, 1.807) is 18.5 Å².